The predicted octanol–water partition coefficient (Wildman–Crippen LogP) is -2.22. The summed E-state index contributed by atoms with van der Waals surface area (Å²) in [5.41, 5.74) is 11.5. The maximum Gasteiger partial charge on any atom is 0.248 e. The Morgan fingerprint density at radius 2 is 1.39 bits per heavy atom. The molecular weight excluding hydrogens is 1000 g/mol. The molecule has 3 saturated heterocycles. The Labute approximate surface area is 451 Å². The molecule has 24 nitrogen and oxygen atoms in total. The van der Waals surface area contributed by atoms with Gasteiger partial charge in [0, 0.05) is 51.9 Å². The number of unbranched alkanes of at least 4 members (excludes halogenated alkanes) is 5. The molecule has 24 heteroatoms. The summed E-state index contributed by atoms with van der Waals surface area (Å²) in [4.78, 5) is 102. The van der Waals surface area contributed by atoms with Crippen LogP contribution in [0.25, 0.3) is 0 Å². The largest absolute Gasteiger partial charge is 0.508 e. The number of nitrogens with two attached hydrogens (primary N) is 2. The number of phenols is 1. The molecule has 0 aromatic heterocycles. The molecule has 3 aliphatic rings. The van der Waals surface area contributed by atoms with Gasteiger partial charge in [0.05, 0.1) is 48.6 Å². The predicted molar refractivity (Wildman–Crippen MR) is 281 cm³/mol. The number of rotatable bonds is 23. The fraction of sp³-hybridized carbons (Fsp3) is 0.755. The van der Waals surface area contributed by atoms with Gasteiger partial charge < -0.3 is 83.4 Å². The van der Waals surface area contributed by atoms with Gasteiger partial charge in [-0.3, -0.25) is 38.9 Å². The van der Waals surface area contributed by atoms with Crippen LogP contribution in [0.2, 0.25) is 0 Å². The Hall–Kier alpha value is -4.89. The Balaban J connectivity index is 1.73. The van der Waals surface area contributed by atoms with E-state index in [4.69, 9.17) is 11.5 Å². The minimum absolute atomic E-state index is 0.0188. The monoisotopic (exact) mass is 1090 g/mol. The molecule has 0 radical (unpaired) electrons. The number of carbonyl (C=O) groups is 7. The number of hydrogen-bond donors (Lipinski definition) is 15. The molecule has 3 unspecified atom stereocenters. The van der Waals surface area contributed by atoms with Gasteiger partial charge in [0.2, 0.25) is 35.4 Å². The number of benzene rings is 1. The van der Waals surface area contributed by atoms with Crippen LogP contribution in [0.15, 0.2) is 24.3 Å². The van der Waals surface area contributed by atoms with Crippen LogP contribution in [0.4, 0.5) is 0 Å². The lowest BCUT2D eigenvalue weighted by Crippen LogP contribution is -2.63. The first-order valence-corrected chi connectivity index (χ1v) is 27.6. The van der Waals surface area contributed by atoms with Crippen LogP contribution in [-0.2, 0) is 33.6 Å². The van der Waals surface area contributed by atoms with Crippen molar-refractivity contribution in [3.63, 3.8) is 0 Å². The number of aliphatic hydroxyl groups excluding tert-OH is 7. The van der Waals surface area contributed by atoms with E-state index in [1.807, 2.05) is 0 Å². The van der Waals surface area contributed by atoms with E-state index in [-0.39, 0.29) is 56.8 Å². The van der Waals surface area contributed by atoms with Crippen molar-refractivity contribution in [3.8, 4) is 5.75 Å². The number of aromatic hydroxyl groups is 1. The van der Waals surface area contributed by atoms with Crippen LogP contribution < -0.4 is 38.1 Å². The van der Waals surface area contributed by atoms with Crippen molar-refractivity contribution in [1.82, 2.24) is 36.4 Å². The number of ketones is 1. The molecule has 0 saturated carbocycles. The van der Waals surface area contributed by atoms with Crippen molar-refractivity contribution < 1.29 is 74.4 Å². The Morgan fingerprint density at radius 1 is 0.753 bits per heavy atom. The fourth-order valence-corrected chi connectivity index (χ4v) is 10.5. The second-order valence-corrected chi connectivity index (χ2v) is 21.6. The van der Waals surface area contributed by atoms with E-state index in [2.05, 4.69) is 47.4 Å². The molecule has 3 fully saturated rings. The van der Waals surface area contributed by atoms with Gasteiger partial charge in [-0.25, -0.2) is 0 Å². The van der Waals surface area contributed by atoms with Gasteiger partial charge in [-0.15, -0.1) is 0 Å². The molecule has 6 amide bonds. The SMILES string of the molecule is CC[C@H](C)C[C@H](C)CCCCCCCCC(=O)N[C@H]1C[C@@H](O)[C@@H](NCCN)NC(=O)C2[C@@H](O)CCN2C(=O)C([C@H](O)CCN)NC(=O)C([C@H](O)[C@@H](O)c2ccc(O)cc2)CC(=O)[C@@H]2C[C@@H](O)CN2C(=O)[C@H]([C@@H](C)O)NC1=O. The van der Waals surface area contributed by atoms with Crippen LogP contribution in [0, 0.1) is 17.8 Å². The molecular formula is C53H89N9O15. The van der Waals surface area contributed by atoms with E-state index in [1.54, 1.807) is 0 Å². The van der Waals surface area contributed by atoms with Crippen molar-refractivity contribution in [2.75, 3.05) is 32.7 Å². The number of nitrogens with zero attached hydrogens (tertiary/aromatic N) is 2. The van der Waals surface area contributed by atoms with Crippen molar-refractivity contribution in [1.29, 1.82) is 0 Å². The van der Waals surface area contributed by atoms with E-state index in [0.717, 1.165) is 54.7 Å². The summed E-state index contributed by atoms with van der Waals surface area (Å²) in [7, 11) is 0. The third-order valence-corrected chi connectivity index (χ3v) is 15.2. The van der Waals surface area contributed by atoms with E-state index < -0.39 is 152 Å². The van der Waals surface area contributed by atoms with Crippen molar-refractivity contribution in [2.45, 2.75) is 203 Å². The van der Waals surface area contributed by atoms with Gasteiger partial charge >= 0.3 is 0 Å². The topological polar surface area (TPSA) is 400 Å². The highest BCUT2D eigenvalue weighted by atomic mass is 16.3. The summed E-state index contributed by atoms with van der Waals surface area (Å²) in [5.74, 6) is -7.93. The Morgan fingerprint density at radius 3 is 2.03 bits per heavy atom. The summed E-state index contributed by atoms with van der Waals surface area (Å²) in [6, 6.07) is -3.86. The van der Waals surface area contributed by atoms with Gasteiger partial charge in [-0.05, 0) is 68.7 Å². The van der Waals surface area contributed by atoms with Gasteiger partial charge in [0.1, 0.15) is 42.2 Å². The fourth-order valence-electron chi connectivity index (χ4n) is 10.5. The number of fused-ring (bicyclic) bond motifs is 2. The number of hydrogen-bond acceptors (Lipinski definition) is 18. The quantitative estimate of drug-likeness (QED) is 0.0516. The smallest absolute Gasteiger partial charge is 0.248 e. The first-order chi connectivity index (χ1) is 36.5. The minimum atomic E-state index is -2.17. The molecule has 0 aliphatic carbocycles. The Kier molecular flexibility index (Phi) is 26.6. The lowest BCUT2D eigenvalue weighted by Gasteiger charge is -2.34. The molecule has 77 heavy (non-hydrogen) atoms. The maximum absolute atomic E-state index is 14.6. The number of Topliss-reactive ketones (excluding diaryl/α,β-unsaturated/α-hetero) is 1. The van der Waals surface area contributed by atoms with Crippen LogP contribution in [0.1, 0.15) is 136 Å². The number of phenolic OH excluding ortho intramolecular Hbond substituents is 1. The summed E-state index contributed by atoms with van der Waals surface area (Å²) < 4.78 is 0. The summed E-state index contributed by atoms with van der Waals surface area (Å²) in [6.07, 6.45) is -7.48. The van der Waals surface area contributed by atoms with Crippen molar-refractivity contribution >= 4 is 41.2 Å². The second kappa shape index (κ2) is 31.6. The number of carbonyl (C=O) groups excluding carboxylic acids is 7. The summed E-state index contributed by atoms with van der Waals surface area (Å²) in [5, 5.41) is 102. The van der Waals surface area contributed by atoms with Gasteiger partial charge in [-0.1, -0.05) is 77.8 Å². The van der Waals surface area contributed by atoms with Gasteiger partial charge in [-0.2, -0.15) is 0 Å². The number of amides is 6. The summed E-state index contributed by atoms with van der Waals surface area (Å²) in [6.45, 7) is 6.84. The van der Waals surface area contributed by atoms with Gasteiger partial charge in [0.15, 0.2) is 5.78 Å². The Bertz CT molecular complexity index is 2070. The molecule has 1 aromatic carbocycles. The first-order valence-electron chi connectivity index (χ1n) is 27.6. The standard InChI is InChI=1S/C53H89N9O15/c1-5-29(2)24-30(3)12-10-8-6-7-9-11-13-42(70)57-36-27-41(69)48(56-22-21-55)60-51(75)45-39(67)19-23-61(45)53(77)44(38(66)18-20-54)59-49(73)35(47(72)46(71)32-14-16-33(64)17-15-32)26-40(68)37-25-34(65)28-62(37)52(76)43(31(4)63)58-50(36)74/h14-17,29-31,34-39,41,43-48,56,63-67,69,71-72H,5-13,18-28,54-55H2,1-4H3,(H,57,70)(H,58,74)(H,59,73)(H,60,75)/t29-,30+,31+,34+,35?,36-,37-,38+,39-,41+,43-,44?,45?,46-,47-,48-/m0/s1. The zero-order valence-electron chi connectivity index (χ0n) is 45.2. The van der Waals surface area contributed by atoms with E-state index in [0.29, 0.717) is 18.3 Å². The van der Waals surface area contributed by atoms with Crippen LogP contribution in [0.3, 0.4) is 0 Å². The third-order valence-electron chi connectivity index (χ3n) is 15.2. The van der Waals surface area contributed by atoms with Crippen LogP contribution in [0.5, 0.6) is 5.75 Å². The zero-order chi connectivity index (χ0) is 57.1. The molecule has 0 spiro atoms. The van der Waals surface area contributed by atoms with Crippen LogP contribution in [-0.4, -0.2) is 198 Å². The third kappa shape index (κ3) is 18.9. The van der Waals surface area contributed by atoms with Gasteiger partial charge in [0.25, 0.3) is 0 Å². The highest BCUT2D eigenvalue weighted by molar-refractivity contribution is 5.98. The first kappa shape index (κ1) is 64.6. The molecule has 16 atom stereocenters. The molecule has 3 heterocycles. The lowest BCUT2D eigenvalue weighted by atomic mass is 9.86. The highest BCUT2D eigenvalue weighted by Gasteiger charge is 2.49. The number of nitrogens with one attached hydrogen (secondary N) is 5. The maximum atomic E-state index is 14.6. The molecule has 436 valence electrons. The van der Waals surface area contributed by atoms with E-state index in [1.165, 1.54) is 37.6 Å². The average Bonchev–Trinajstić information content (AvgIpc) is 3.99. The van der Waals surface area contributed by atoms with Crippen molar-refractivity contribution in [3.05, 3.63) is 29.8 Å². The minimum Gasteiger partial charge on any atom is -0.508 e. The van der Waals surface area contributed by atoms with E-state index in [9.17, 15) is 74.4 Å². The van der Waals surface area contributed by atoms with Crippen molar-refractivity contribution in [2.24, 2.45) is 29.2 Å². The molecule has 1 aromatic rings. The number of aliphatic hydroxyl groups is 7. The molecule has 4 rings (SSSR count). The van der Waals surface area contributed by atoms with Crippen LogP contribution >= 0.6 is 0 Å². The highest BCUT2D eigenvalue weighted by Crippen LogP contribution is 2.30. The molecule has 3 aliphatic heterocycles. The average molecular weight is 1090 g/mol. The normalized spacial score (nSPS) is 28.7. The lowest BCUT2D eigenvalue weighted by molar-refractivity contribution is -0.149. The molecule has 17 N–H and O–H groups in total. The summed E-state index contributed by atoms with van der Waals surface area (Å²) >= 11 is 0. The van der Waals surface area contributed by atoms with E-state index >= 15 is 0 Å². The zero-order valence-corrected chi connectivity index (χ0v) is 45.2. The second-order valence-electron chi connectivity index (χ2n) is 21.6. The molecule has 0 bridgehead atoms.